The molecule has 3 rings (SSSR count). The number of piperazine rings is 1. The van der Waals surface area contributed by atoms with Crippen molar-refractivity contribution in [2.45, 2.75) is 43.8 Å². The Morgan fingerprint density at radius 1 is 1.33 bits per heavy atom. The van der Waals surface area contributed by atoms with E-state index >= 15 is 0 Å². The standard InChI is InChI=1S/C16H22N4O3S/c1-10-12(3)20(9-8-17-10)16(21)11(2)18-15-13-6-4-5-7-14(13)24(22,23)19-15/h4-7,10-12,17H,8-9H2,1-3H3,(H,18,19). The summed E-state index contributed by atoms with van der Waals surface area (Å²) in [6.07, 6.45) is 0. The number of sulfonamides is 1. The van der Waals surface area contributed by atoms with Gasteiger partial charge in [0.2, 0.25) is 5.91 Å². The van der Waals surface area contributed by atoms with Crippen LogP contribution in [-0.4, -0.2) is 56.3 Å². The average molecular weight is 350 g/mol. The van der Waals surface area contributed by atoms with Crippen LogP contribution in [0.2, 0.25) is 0 Å². The number of carbonyl (C=O) groups excluding carboxylic acids is 1. The molecule has 2 N–H and O–H groups in total. The largest absolute Gasteiger partial charge is 0.335 e. The molecule has 3 unspecified atom stereocenters. The molecule has 2 heterocycles. The summed E-state index contributed by atoms with van der Waals surface area (Å²) in [5, 5.41) is 3.33. The maximum atomic E-state index is 12.7. The number of nitrogens with zero attached hydrogens (tertiary/aromatic N) is 2. The Labute approximate surface area is 142 Å². The molecule has 3 atom stereocenters. The third kappa shape index (κ3) is 2.91. The Kier molecular flexibility index (Phi) is 4.35. The van der Waals surface area contributed by atoms with Gasteiger partial charge in [-0.05, 0) is 32.9 Å². The van der Waals surface area contributed by atoms with E-state index < -0.39 is 16.1 Å². The van der Waals surface area contributed by atoms with Crippen molar-refractivity contribution in [1.82, 2.24) is 14.9 Å². The van der Waals surface area contributed by atoms with Gasteiger partial charge in [-0.3, -0.25) is 14.5 Å². The summed E-state index contributed by atoms with van der Waals surface area (Å²) in [6.45, 7) is 7.12. The van der Waals surface area contributed by atoms with Gasteiger partial charge in [-0.2, -0.15) is 0 Å². The quantitative estimate of drug-likeness (QED) is 0.804. The Bertz CT molecular complexity index is 790. The van der Waals surface area contributed by atoms with Crippen LogP contribution in [0, 0.1) is 0 Å². The van der Waals surface area contributed by atoms with Crippen molar-refractivity contribution < 1.29 is 13.2 Å². The van der Waals surface area contributed by atoms with Crippen molar-refractivity contribution in [1.29, 1.82) is 0 Å². The van der Waals surface area contributed by atoms with Gasteiger partial charge in [0.05, 0.1) is 4.90 Å². The molecular formula is C16H22N4O3S. The van der Waals surface area contributed by atoms with Crippen LogP contribution in [0.1, 0.15) is 26.3 Å². The second-order valence-electron chi connectivity index (χ2n) is 6.27. The van der Waals surface area contributed by atoms with Crippen molar-refractivity contribution in [3.8, 4) is 0 Å². The summed E-state index contributed by atoms with van der Waals surface area (Å²) in [6, 6.07) is 6.28. The number of aliphatic imine (C=N–C) groups is 1. The lowest BCUT2D eigenvalue weighted by atomic mass is 10.1. The lowest BCUT2D eigenvalue weighted by Gasteiger charge is -2.39. The summed E-state index contributed by atoms with van der Waals surface area (Å²) in [7, 11) is -3.59. The molecule has 1 amide bonds. The third-order valence-electron chi connectivity index (χ3n) is 4.66. The molecule has 130 valence electrons. The predicted octanol–water partition coefficient (Wildman–Crippen LogP) is 0.322. The fraction of sp³-hybridized carbons (Fsp3) is 0.500. The minimum absolute atomic E-state index is 0.0708. The van der Waals surface area contributed by atoms with Crippen molar-refractivity contribution in [3.05, 3.63) is 29.8 Å². The first-order valence-electron chi connectivity index (χ1n) is 8.05. The van der Waals surface area contributed by atoms with Gasteiger partial charge in [-0.1, -0.05) is 12.1 Å². The first-order chi connectivity index (χ1) is 11.3. The van der Waals surface area contributed by atoms with Gasteiger partial charge in [0, 0.05) is 30.7 Å². The molecule has 0 bridgehead atoms. The van der Waals surface area contributed by atoms with Crippen molar-refractivity contribution in [3.63, 3.8) is 0 Å². The summed E-state index contributed by atoms with van der Waals surface area (Å²) in [5.41, 5.74) is 0.513. The molecule has 0 saturated carbocycles. The van der Waals surface area contributed by atoms with E-state index in [0.717, 1.165) is 6.54 Å². The Hall–Kier alpha value is -1.93. The van der Waals surface area contributed by atoms with E-state index in [1.165, 1.54) is 6.07 Å². The average Bonchev–Trinajstić information content (AvgIpc) is 2.80. The number of fused-ring (bicyclic) bond motifs is 1. The number of amidine groups is 1. The van der Waals surface area contributed by atoms with Gasteiger partial charge in [0.25, 0.3) is 10.0 Å². The maximum absolute atomic E-state index is 12.7. The fourth-order valence-corrected chi connectivity index (χ4v) is 4.33. The summed E-state index contributed by atoms with van der Waals surface area (Å²) < 4.78 is 26.7. The molecule has 7 nitrogen and oxygen atoms in total. The molecule has 0 radical (unpaired) electrons. The number of carbonyl (C=O) groups is 1. The summed E-state index contributed by atoms with van der Waals surface area (Å²) in [5.74, 6) is 0.147. The van der Waals surface area contributed by atoms with Crippen LogP contribution in [-0.2, 0) is 14.8 Å². The van der Waals surface area contributed by atoms with Gasteiger partial charge in [0.1, 0.15) is 11.9 Å². The SMILES string of the molecule is CC(N=C1NS(=O)(=O)c2ccccc21)C(=O)N1CCNC(C)C1C. The zero-order chi connectivity index (χ0) is 17.5. The number of hydrogen-bond donors (Lipinski definition) is 2. The van der Waals surface area contributed by atoms with Gasteiger partial charge in [-0.25, -0.2) is 8.42 Å². The van der Waals surface area contributed by atoms with Crippen molar-refractivity contribution >= 4 is 21.8 Å². The number of amides is 1. The second-order valence-corrected chi connectivity index (χ2v) is 7.92. The molecular weight excluding hydrogens is 328 g/mol. The van der Waals surface area contributed by atoms with E-state index in [0.29, 0.717) is 12.1 Å². The summed E-state index contributed by atoms with van der Waals surface area (Å²) >= 11 is 0. The van der Waals surface area contributed by atoms with Crippen LogP contribution in [0.3, 0.4) is 0 Å². The molecule has 0 aliphatic carbocycles. The van der Waals surface area contributed by atoms with Crippen LogP contribution in [0.25, 0.3) is 0 Å². The molecule has 2 aliphatic rings. The van der Waals surface area contributed by atoms with Crippen LogP contribution < -0.4 is 10.0 Å². The lowest BCUT2D eigenvalue weighted by Crippen LogP contribution is -2.58. The first-order valence-corrected chi connectivity index (χ1v) is 9.53. The molecule has 1 fully saturated rings. The van der Waals surface area contributed by atoms with E-state index in [1.54, 1.807) is 25.1 Å². The van der Waals surface area contributed by atoms with E-state index in [-0.39, 0.29) is 28.7 Å². The molecule has 24 heavy (non-hydrogen) atoms. The van der Waals surface area contributed by atoms with Crippen LogP contribution in [0.15, 0.2) is 34.2 Å². The molecule has 1 saturated heterocycles. The minimum Gasteiger partial charge on any atom is -0.335 e. The van der Waals surface area contributed by atoms with E-state index in [9.17, 15) is 13.2 Å². The fourth-order valence-electron chi connectivity index (χ4n) is 3.09. The maximum Gasteiger partial charge on any atom is 0.263 e. The highest BCUT2D eigenvalue weighted by atomic mass is 32.2. The molecule has 0 aromatic heterocycles. The van der Waals surface area contributed by atoms with Crippen molar-refractivity contribution in [2.75, 3.05) is 13.1 Å². The molecule has 1 aromatic rings. The monoisotopic (exact) mass is 350 g/mol. The highest BCUT2D eigenvalue weighted by molar-refractivity contribution is 7.90. The smallest absolute Gasteiger partial charge is 0.263 e. The van der Waals surface area contributed by atoms with E-state index in [1.807, 2.05) is 18.7 Å². The number of rotatable bonds is 2. The highest BCUT2D eigenvalue weighted by Crippen LogP contribution is 2.23. The van der Waals surface area contributed by atoms with E-state index in [4.69, 9.17) is 0 Å². The van der Waals surface area contributed by atoms with Gasteiger partial charge >= 0.3 is 0 Å². The van der Waals surface area contributed by atoms with Gasteiger partial charge in [-0.15, -0.1) is 0 Å². The Morgan fingerprint density at radius 3 is 2.79 bits per heavy atom. The molecule has 1 aromatic carbocycles. The zero-order valence-corrected chi connectivity index (χ0v) is 14.8. The van der Waals surface area contributed by atoms with Gasteiger partial charge in [0.15, 0.2) is 0 Å². The summed E-state index contributed by atoms with van der Waals surface area (Å²) in [4.78, 5) is 19.1. The number of hydrogen-bond acceptors (Lipinski definition) is 5. The van der Waals surface area contributed by atoms with Crippen LogP contribution in [0.5, 0.6) is 0 Å². The third-order valence-corrected chi connectivity index (χ3v) is 6.06. The highest BCUT2D eigenvalue weighted by Gasteiger charge is 2.34. The number of nitrogens with one attached hydrogen (secondary N) is 2. The second kappa shape index (κ2) is 6.18. The lowest BCUT2D eigenvalue weighted by molar-refractivity contribution is -0.135. The predicted molar refractivity (Wildman–Crippen MR) is 91.4 cm³/mol. The topological polar surface area (TPSA) is 90.9 Å². The normalized spacial score (nSPS) is 28.3. The number of benzene rings is 1. The zero-order valence-electron chi connectivity index (χ0n) is 14.0. The Balaban J connectivity index is 1.85. The molecule has 0 spiro atoms. The molecule has 2 aliphatic heterocycles. The van der Waals surface area contributed by atoms with Crippen molar-refractivity contribution in [2.24, 2.45) is 4.99 Å². The van der Waals surface area contributed by atoms with Gasteiger partial charge < -0.3 is 10.2 Å². The minimum atomic E-state index is -3.59. The van der Waals surface area contributed by atoms with E-state index in [2.05, 4.69) is 15.0 Å². The van der Waals surface area contributed by atoms with Crippen LogP contribution >= 0.6 is 0 Å². The molecule has 8 heteroatoms. The first kappa shape index (κ1) is 16.9. The van der Waals surface area contributed by atoms with Crippen LogP contribution in [0.4, 0.5) is 0 Å². The Morgan fingerprint density at radius 2 is 2.04 bits per heavy atom.